The molecule has 1 aliphatic rings. The van der Waals surface area contributed by atoms with E-state index < -0.39 is 34.0 Å². The predicted molar refractivity (Wildman–Crippen MR) is 64.8 cm³/mol. The van der Waals surface area contributed by atoms with Gasteiger partial charge in [0.25, 0.3) is 5.69 Å². The Morgan fingerprint density at radius 1 is 1.42 bits per heavy atom. The first-order chi connectivity index (χ1) is 9.00. The van der Waals surface area contributed by atoms with Gasteiger partial charge in [0.05, 0.1) is 11.0 Å². The number of aliphatic hydroxyl groups excluding tert-OH is 1. The van der Waals surface area contributed by atoms with Crippen molar-refractivity contribution in [2.45, 2.75) is 25.4 Å². The summed E-state index contributed by atoms with van der Waals surface area (Å²) >= 11 is 0. The van der Waals surface area contributed by atoms with Crippen LogP contribution in [0.2, 0.25) is 0 Å². The van der Waals surface area contributed by atoms with Gasteiger partial charge in [-0.05, 0) is 18.9 Å². The lowest BCUT2D eigenvalue weighted by molar-refractivity contribution is -0.384. The molecule has 7 heteroatoms. The van der Waals surface area contributed by atoms with E-state index >= 15 is 0 Å². The normalized spacial score (nSPS) is 22.5. The molecule has 0 spiro atoms. The Morgan fingerprint density at radius 2 is 2.16 bits per heavy atom. The molecule has 0 bridgehead atoms. The molecule has 2 N–H and O–H groups in total. The number of nitrogens with zero attached hydrogens (tertiary/aromatic N) is 1. The Bertz CT molecular complexity index is 496. The fraction of sp³-hybridized carbons (Fsp3) is 0.500. The molecule has 0 radical (unpaired) electrons. The third-order valence-corrected chi connectivity index (χ3v) is 3.43. The molecule has 2 unspecified atom stereocenters. The van der Waals surface area contributed by atoms with Gasteiger partial charge in [-0.2, -0.15) is 0 Å². The Balaban J connectivity index is 2.18. The molecule has 104 valence electrons. The number of benzene rings is 1. The summed E-state index contributed by atoms with van der Waals surface area (Å²) in [6, 6.07) is 1.65. The van der Waals surface area contributed by atoms with Gasteiger partial charge >= 0.3 is 0 Å². The summed E-state index contributed by atoms with van der Waals surface area (Å²) in [5, 5.41) is 23.0. The summed E-state index contributed by atoms with van der Waals surface area (Å²) in [4.78, 5) is 10.0. The SMILES string of the molecule is O=[N+]([O-])c1ccc(F)c(F)c1NCC1CCCC1O. The van der Waals surface area contributed by atoms with E-state index in [2.05, 4.69) is 5.32 Å². The molecule has 19 heavy (non-hydrogen) atoms. The lowest BCUT2D eigenvalue weighted by atomic mass is 10.1. The zero-order valence-electron chi connectivity index (χ0n) is 10.1. The lowest BCUT2D eigenvalue weighted by Gasteiger charge is -2.16. The maximum atomic E-state index is 13.6. The van der Waals surface area contributed by atoms with Crippen molar-refractivity contribution >= 4 is 11.4 Å². The first-order valence-corrected chi connectivity index (χ1v) is 6.05. The second kappa shape index (κ2) is 5.48. The summed E-state index contributed by atoms with van der Waals surface area (Å²) in [6.07, 6.45) is 1.79. The van der Waals surface area contributed by atoms with Crippen molar-refractivity contribution in [2.75, 3.05) is 11.9 Å². The van der Waals surface area contributed by atoms with E-state index in [0.717, 1.165) is 25.0 Å². The van der Waals surface area contributed by atoms with Crippen molar-refractivity contribution in [3.63, 3.8) is 0 Å². The molecule has 5 nitrogen and oxygen atoms in total. The summed E-state index contributed by atoms with van der Waals surface area (Å²) in [6.45, 7) is 0.183. The van der Waals surface area contributed by atoms with E-state index in [1.807, 2.05) is 0 Å². The van der Waals surface area contributed by atoms with E-state index in [0.29, 0.717) is 6.42 Å². The maximum absolute atomic E-state index is 13.6. The summed E-state index contributed by atoms with van der Waals surface area (Å²) in [7, 11) is 0. The van der Waals surface area contributed by atoms with Crippen LogP contribution < -0.4 is 5.32 Å². The topological polar surface area (TPSA) is 75.4 Å². The molecule has 0 saturated heterocycles. The van der Waals surface area contributed by atoms with Gasteiger partial charge in [-0.25, -0.2) is 8.78 Å². The maximum Gasteiger partial charge on any atom is 0.295 e. The van der Waals surface area contributed by atoms with E-state index in [4.69, 9.17) is 0 Å². The van der Waals surface area contributed by atoms with Crippen LogP contribution in [0.25, 0.3) is 0 Å². The first kappa shape index (κ1) is 13.7. The Hall–Kier alpha value is -1.76. The molecule has 0 aromatic heterocycles. The number of halogens is 2. The molecule has 1 aliphatic carbocycles. The number of hydrogen-bond donors (Lipinski definition) is 2. The zero-order chi connectivity index (χ0) is 14.0. The summed E-state index contributed by atoms with van der Waals surface area (Å²) < 4.78 is 26.7. The van der Waals surface area contributed by atoms with Crippen LogP contribution in [0.3, 0.4) is 0 Å². The smallest absolute Gasteiger partial charge is 0.295 e. The monoisotopic (exact) mass is 272 g/mol. The average molecular weight is 272 g/mol. The second-order valence-electron chi connectivity index (χ2n) is 4.65. The van der Waals surface area contributed by atoms with Crippen LogP contribution in [0.4, 0.5) is 20.2 Å². The van der Waals surface area contributed by atoms with E-state index in [9.17, 15) is 24.0 Å². The van der Waals surface area contributed by atoms with Gasteiger partial charge in [0.1, 0.15) is 0 Å². The van der Waals surface area contributed by atoms with Crippen molar-refractivity contribution in [1.29, 1.82) is 0 Å². The quantitative estimate of drug-likeness (QED) is 0.652. The minimum absolute atomic E-state index is 0.0951. The van der Waals surface area contributed by atoms with Gasteiger partial charge < -0.3 is 10.4 Å². The molecule has 2 atom stereocenters. The van der Waals surface area contributed by atoms with Gasteiger partial charge in [0.15, 0.2) is 17.3 Å². The molecular weight excluding hydrogens is 258 g/mol. The number of nitro benzene ring substituents is 1. The molecule has 1 aromatic rings. The number of aliphatic hydroxyl groups is 1. The Labute approximate surface area is 108 Å². The fourth-order valence-corrected chi connectivity index (χ4v) is 2.35. The van der Waals surface area contributed by atoms with Gasteiger partial charge in [0, 0.05) is 18.5 Å². The lowest BCUT2D eigenvalue weighted by Crippen LogP contribution is -2.22. The number of nitrogens with one attached hydrogen (secondary N) is 1. The van der Waals surface area contributed by atoms with Crippen LogP contribution in [0.15, 0.2) is 12.1 Å². The summed E-state index contributed by atoms with van der Waals surface area (Å²) in [5.74, 6) is -2.50. The standard InChI is InChI=1S/C12H14F2N2O3/c13-8-4-5-9(16(18)19)12(11(8)14)15-6-7-2-1-3-10(7)17/h4-5,7,10,15,17H,1-3,6H2. The Morgan fingerprint density at radius 3 is 2.74 bits per heavy atom. The van der Waals surface area contributed by atoms with Crippen molar-refractivity contribution in [3.05, 3.63) is 33.9 Å². The Kier molecular flexibility index (Phi) is 3.94. The largest absolute Gasteiger partial charge is 0.393 e. The van der Waals surface area contributed by atoms with Crippen LogP contribution >= 0.6 is 0 Å². The highest BCUT2D eigenvalue weighted by Gasteiger charge is 2.27. The van der Waals surface area contributed by atoms with Crippen LogP contribution in [0.5, 0.6) is 0 Å². The van der Waals surface area contributed by atoms with E-state index in [1.54, 1.807) is 0 Å². The molecular formula is C12H14F2N2O3. The highest BCUT2D eigenvalue weighted by Crippen LogP contribution is 2.31. The molecule has 0 aliphatic heterocycles. The molecule has 1 aromatic carbocycles. The highest BCUT2D eigenvalue weighted by molar-refractivity contribution is 5.62. The zero-order valence-corrected chi connectivity index (χ0v) is 10.1. The van der Waals surface area contributed by atoms with E-state index in [1.165, 1.54) is 0 Å². The third kappa shape index (κ3) is 2.81. The molecule has 0 heterocycles. The molecule has 1 fully saturated rings. The van der Waals surface area contributed by atoms with Gasteiger partial charge in [-0.15, -0.1) is 0 Å². The molecule has 2 rings (SSSR count). The van der Waals surface area contributed by atoms with E-state index in [-0.39, 0.29) is 12.5 Å². The number of rotatable bonds is 4. The number of anilines is 1. The minimum atomic E-state index is -1.26. The first-order valence-electron chi connectivity index (χ1n) is 6.05. The highest BCUT2D eigenvalue weighted by atomic mass is 19.2. The molecule has 1 saturated carbocycles. The van der Waals surface area contributed by atoms with Gasteiger partial charge in [-0.1, -0.05) is 6.42 Å². The fourth-order valence-electron chi connectivity index (χ4n) is 2.35. The minimum Gasteiger partial charge on any atom is -0.393 e. The second-order valence-corrected chi connectivity index (χ2v) is 4.65. The van der Waals surface area contributed by atoms with Gasteiger partial charge in [-0.3, -0.25) is 10.1 Å². The third-order valence-electron chi connectivity index (χ3n) is 3.43. The van der Waals surface area contributed by atoms with Crippen LogP contribution in [-0.2, 0) is 0 Å². The van der Waals surface area contributed by atoms with Gasteiger partial charge in [0.2, 0.25) is 0 Å². The van der Waals surface area contributed by atoms with Crippen molar-refractivity contribution < 1.29 is 18.8 Å². The van der Waals surface area contributed by atoms with Crippen LogP contribution in [0, 0.1) is 27.7 Å². The van der Waals surface area contributed by atoms with Crippen LogP contribution in [0.1, 0.15) is 19.3 Å². The summed E-state index contributed by atoms with van der Waals surface area (Å²) in [5.41, 5.74) is -0.963. The van der Waals surface area contributed by atoms with Crippen molar-refractivity contribution in [3.8, 4) is 0 Å². The van der Waals surface area contributed by atoms with Crippen molar-refractivity contribution in [1.82, 2.24) is 0 Å². The number of hydrogen-bond acceptors (Lipinski definition) is 4. The predicted octanol–water partition coefficient (Wildman–Crippen LogP) is 2.45. The van der Waals surface area contributed by atoms with Crippen molar-refractivity contribution in [2.24, 2.45) is 5.92 Å². The van der Waals surface area contributed by atoms with Crippen LogP contribution in [-0.4, -0.2) is 22.7 Å². The number of nitro groups is 1. The molecule has 0 amide bonds. The average Bonchev–Trinajstić information content (AvgIpc) is 2.76.